The summed E-state index contributed by atoms with van der Waals surface area (Å²) in [6.07, 6.45) is 0.463. The number of methoxy groups -OCH3 is 1. The second-order valence-electron chi connectivity index (χ2n) is 9.55. The van der Waals surface area contributed by atoms with Crippen molar-refractivity contribution in [1.29, 1.82) is 0 Å². The minimum atomic E-state index is -1.05. The molecule has 2 heterocycles. The fourth-order valence-corrected chi connectivity index (χ4v) is 4.16. The predicted octanol–water partition coefficient (Wildman–Crippen LogP) is 1.53. The van der Waals surface area contributed by atoms with Gasteiger partial charge in [-0.3, -0.25) is 29.4 Å². The number of hydrogen-bond donors (Lipinski definition) is 2. The molecule has 4 rings (SSSR count). The van der Waals surface area contributed by atoms with Crippen molar-refractivity contribution < 1.29 is 38.2 Å². The van der Waals surface area contributed by atoms with Crippen LogP contribution in [0, 0.1) is 0 Å². The number of fused-ring (bicyclic) bond motifs is 1. The van der Waals surface area contributed by atoms with Gasteiger partial charge in [-0.05, 0) is 39.3 Å². The summed E-state index contributed by atoms with van der Waals surface area (Å²) < 4.78 is 16.6. The Balaban J connectivity index is 1.44. The molecule has 0 bridgehead atoms. The molecule has 2 fully saturated rings. The highest BCUT2D eigenvalue weighted by molar-refractivity contribution is 6.23. The van der Waals surface area contributed by atoms with E-state index >= 15 is 0 Å². The lowest BCUT2D eigenvalue weighted by Gasteiger charge is -2.36. The predicted molar refractivity (Wildman–Crippen MR) is 116 cm³/mol. The van der Waals surface area contributed by atoms with E-state index in [1.165, 1.54) is 19.2 Å². The molecule has 3 aliphatic rings. The van der Waals surface area contributed by atoms with Crippen LogP contribution in [0.3, 0.4) is 0 Å². The number of nitrogens with one attached hydrogen (secondary N) is 2. The van der Waals surface area contributed by atoms with Crippen molar-refractivity contribution in [2.45, 2.75) is 70.2 Å². The Labute approximate surface area is 196 Å². The van der Waals surface area contributed by atoms with E-state index in [9.17, 15) is 24.0 Å². The van der Waals surface area contributed by atoms with Gasteiger partial charge in [0.2, 0.25) is 11.8 Å². The van der Waals surface area contributed by atoms with Gasteiger partial charge >= 0.3 is 6.09 Å². The molecule has 2 N–H and O–H groups in total. The van der Waals surface area contributed by atoms with E-state index in [1.807, 2.05) is 0 Å². The summed E-state index contributed by atoms with van der Waals surface area (Å²) in [5, 5.41) is 4.95. The molecule has 1 aromatic carbocycles. The Kier molecular flexibility index (Phi) is 5.96. The van der Waals surface area contributed by atoms with Crippen LogP contribution in [-0.4, -0.2) is 65.5 Å². The lowest BCUT2D eigenvalue weighted by Crippen LogP contribution is -2.54. The monoisotopic (exact) mass is 473 g/mol. The Bertz CT molecular complexity index is 1070. The summed E-state index contributed by atoms with van der Waals surface area (Å²) in [6.45, 7) is 5.35. The summed E-state index contributed by atoms with van der Waals surface area (Å²) in [6, 6.07) is 1.71. The van der Waals surface area contributed by atoms with Crippen LogP contribution in [0.2, 0.25) is 0 Å². The fraction of sp³-hybridized carbons (Fsp3) is 0.522. The van der Waals surface area contributed by atoms with Crippen LogP contribution in [0.4, 0.5) is 4.79 Å². The van der Waals surface area contributed by atoms with E-state index in [4.69, 9.17) is 14.2 Å². The van der Waals surface area contributed by atoms with Crippen LogP contribution < -0.4 is 20.1 Å². The number of carbonyl (C=O) groups is 5. The molecule has 1 aliphatic carbocycles. The Morgan fingerprint density at radius 1 is 1.06 bits per heavy atom. The lowest BCUT2D eigenvalue weighted by molar-refractivity contribution is -0.136. The number of imide groups is 2. The molecule has 0 radical (unpaired) electrons. The molecule has 1 atom stereocenters. The van der Waals surface area contributed by atoms with Crippen LogP contribution in [-0.2, 0) is 14.3 Å². The third-order valence-electron chi connectivity index (χ3n) is 5.83. The first-order valence-corrected chi connectivity index (χ1v) is 11.1. The van der Waals surface area contributed by atoms with Crippen molar-refractivity contribution in [2.24, 2.45) is 0 Å². The molecule has 0 spiro atoms. The Hall–Kier alpha value is -3.63. The van der Waals surface area contributed by atoms with E-state index in [0.29, 0.717) is 12.8 Å². The molecule has 0 aromatic heterocycles. The first-order valence-electron chi connectivity index (χ1n) is 11.1. The zero-order valence-electron chi connectivity index (χ0n) is 19.4. The Morgan fingerprint density at radius 2 is 1.68 bits per heavy atom. The number of benzene rings is 1. The molecule has 5 amide bonds. The molecule has 1 saturated carbocycles. The molecule has 11 nitrogen and oxygen atoms in total. The van der Waals surface area contributed by atoms with Crippen molar-refractivity contribution in [3.8, 4) is 11.5 Å². The molecular formula is C23H27N3O8. The van der Waals surface area contributed by atoms with E-state index in [0.717, 1.165) is 4.90 Å². The van der Waals surface area contributed by atoms with Crippen molar-refractivity contribution in [3.63, 3.8) is 0 Å². The standard InChI is InChI=1S/C23H27N3O8/c1-23(2,3)34-22(31)24-11-7-12(8-11)33-17-10-14-13(9-16(17)32-4)20(29)26(21(14)30)15-5-6-18(27)25-19(15)28/h9-12,15H,5-8H2,1-4H3,(H,24,31)(H,25,27,28)/t11-,12-,15?. The highest BCUT2D eigenvalue weighted by Gasteiger charge is 2.45. The normalized spacial score (nSPS) is 24.2. The van der Waals surface area contributed by atoms with Gasteiger partial charge in [0.1, 0.15) is 17.7 Å². The van der Waals surface area contributed by atoms with Crippen LogP contribution >= 0.6 is 0 Å². The van der Waals surface area contributed by atoms with Gasteiger partial charge in [-0.15, -0.1) is 0 Å². The highest BCUT2D eigenvalue weighted by atomic mass is 16.6. The lowest BCUT2D eigenvalue weighted by atomic mass is 9.89. The molecule has 34 heavy (non-hydrogen) atoms. The van der Waals surface area contributed by atoms with Gasteiger partial charge in [-0.25, -0.2) is 4.79 Å². The number of rotatable bonds is 5. The number of nitrogens with zero attached hydrogens (tertiary/aromatic N) is 1. The topological polar surface area (TPSA) is 140 Å². The van der Waals surface area contributed by atoms with Gasteiger partial charge in [0.05, 0.1) is 18.2 Å². The SMILES string of the molecule is COc1cc2c(cc1O[C@H]1C[C@H](NC(=O)OC(C)(C)C)C1)C(=O)N(C1CCC(=O)NC1=O)C2=O. The maximum atomic E-state index is 13.0. The molecular weight excluding hydrogens is 446 g/mol. The zero-order chi connectivity index (χ0) is 24.8. The number of alkyl carbamates (subject to hydrolysis) is 1. The van der Waals surface area contributed by atoms with E-state index < -0.39 is 41.4 Å². The molecule has 1 aromatic rings. The van der Waals surface area contributed by atoms with Crippen LogP contribution in [0.25, 0.3) is 0 Å². The van der Waals surface area contributed by atoms with Crippen molar-refractivity contribution >= 4 is 29.7 Å². The van der Waals surface area contributed by atoms with E-state index in [1.54, 1.807) is 20.8 Å². The van der Waals surface area contributed by atoms with Gasteiger partial charge in [0.15, 0.2) is 11.5 Å². The summed E-state index contributed by atoms with van der Waals surface area (Å²) >= 11 is 0. The quantitative estimate of drug-likeness (QED) is 0.614. The fourth-order valence-electron chi connectivity index (χ4n) is 4.16. The van der Waals surface area contributed by atoms with Gasteiger partial charge in [0, 0.05) is 25.3 Å². The third kappa shape index (κ3) is 4.55. The number of carbonyl (C=O) groups excluding carboxylic acids is 5. The van der Waals surface area contributed by atoms with Gasteiger partial charge in [-0.2, -0.15) is 0 Å². The largest absolute Gasteiger partial charge is 0.493 e. The van der Waals surface area contributed by atoms with E-state index in [2.05, 4.69) is 10.6 Å². The minimum absolute atomic E-state index is 0.0433. The first-order chi connectivity index (χ1) is 16.0. The maximum Gasteiger partial charge on any atom is 0.407 e. The Morgan fingerprint density at radius 3 is 2.24 bits per heavy atom. The zero-order valence-corrected chi connectivity index (χ0v) is 19.4. The summed E-state index contributed by atoms with van der Waals surface area (Å²) in [7, 11) is 1.42. The summed E-state index contributed by atoms with van der Waals surface area (Å²) in [5.41, 5.74) is -0.377. The van der Waals surface area contributed by atoms with Crippen molar-refractivity contribution in [1.82, 2.24) is 15.5 Å². The number of hydrogen-bond acceptors (Lipinski definition) is 8. The maximum absolute atomic E-state index is 13.0. The summed E-state index contributed by atoms with van der Waals surface area (Å²) in [5.74, 6) is -1.80. The second-order valence-corrected chi connectivity index (χ2v) is 9.55. The third-order valence-corrected chi connectivity index (χ3v) is 5.83. The van der Waals surface area contributed by atoms with Crippen molar-refractivity contribution in [2.75, 3.05) is 7.11 Å². The van der Waals surface area contributed by atoms with Gasteiger partial charge in [0.25, 0.3) is 11.8 Å². The van der Waals surface area contributed by atoms with E-state index in [-0.39, 0.29) is 47.6 Å². The second kappa shape index (κ2) is 8.62. The van der Waals surface area contributed by atoms with Crippen molar-refractivity contribution in [3.05, 3.63) is 23.3 Å². The highest BCUT2D eigenvalue weighted by Crippen LogP contribution is 2.39. The number of amides is 5. The number of ether oxygens (including phenoxy) is 3. The molecule has 2 aliphatic heterocycles. The van der Waals surface area contributed by atoms with Gasteiger partial charge < -0.3 is 19.5 Å². The van der Waals surface area contributed by atoms with Gasteiger partial charge in [-0.1, -0.05) is 0 Å². The van der Waals surface area contributed by atoms with Crippen LogP contribution in [0.5, 0.6) is 11.5 Å². The summed E-state index contributed by atoms with van der Waals surface area (Å²) in [4.78, 5) is 62.4. The smallest absolute Gasteiger partial charge is 0.407 e. The van der Waals surface area contributed by atoms with Crippen LogP contribution in [0.15, 0.2) is 12.1 Å². The van der Waals surface area contributed by atoms with Crippen LogP contribution in [0.1, 0.15) is 67.2 Å². The molecule has 1 unspecified atom stereocenters. The first kappa shape index (κ1) is 23.5. The minimum Gasteiger partial charge on any atom is -0.493 e. The molecule has 1 saturated heterocycles. The average molecular weight is 473 g/mol. The molecule has 182 valence electrons. The molecule has 11 heteroatoms. The number of piperidine rings is 1. The average Bonchev–Trinajstić information content (AvgIpc) is 2.94.